The van der Waals surface area contributed by atoms with E-state index < -0.39 is 5.92 Å². The molecule has 1 saturated heterocycles. The van der Waals surface area contributed by atoms with Gasteiger partial charge in [-0.2, -0.15) is 5.26 Å². The minimum atomic E-state index is -0.628. The van der Waals surface area contributed by atoms with Crippen molar-refractivity contribution < 1.29 is 9.53 Å². The molecule has 0 saturated carbocycles. The van der Waals surface area contributed by atoms with Crippen molar-refractivity contribution in [1.82, 2.24) is 0 Å². The Balaban J connectivity index is 1.85. The highest BCUT2D eigenvalue weighted by molar-refractivity contribution is 6.05. The van der Waals surface area contributed by atoms with Gasteiger partial charge in [-0.1, -0.05) is 42.5 Å². The molecular formula is C19H16N2O2. The first-order chi connectivity index (χ1) is 11.2. The molecular weight excluding hydrogens is 288 g/mol. The van der Waals surface area contributed by atoms with Crippen molar-refractivity contribution in [3.63, 3.8) is 0 Å². The lowest BCUT2D eigenvalue weighted by molar-refractivity contribution is -0.126. The maximum Gasteiger partial charge on any atom is 0.247 e. The molecule has 114 valence electrons. The third-order valence-electron chi connectivity index (χ3n) is 3.92. The lowest BCUT2D eigenvalue weighted by Gasteiger charge is -2.42. The summed E-state index contributed by atoms with van der Waals surface area (Å²) in [7, 11) is 1.60. The van der Waals surface area contributed by atoms with E-state index in [-0.39, 0.29) is 11.9 Å². The minimum Gasteiger partial charge on any atom is -0.497 e. The van der Waals surface area contributed by atoms with Gasteiger partial charge in [-0.15, -0.1) is 0 Å². The molecule has 0 radical (unpaired) electrons. The summed E-state index contributed by atoms with van der Waals surface area (Å²) in [4.78, 5) is 13.9. The van der Waals surface area contributed by atoms with Gasteiger partial charge >= 0.3 is 0 Å². The fraction of sp³-hybridized carbons (Fsp3) is 0.158. The molecule has 23 heavy (non-hydrogen) atoms. The molecule has 1 amide bonds. The van der Waals surface area contributed by atoms with Gasteiger partial charge in [0.15, 0.2) is 0 Å². The van der Waals surface area contributed by atoms with Crippen LogP contribution in [0.5, 0.6) is 5.75 Å². The van der Waals surface area contributed by atoms with Crippen molar-refractivity contribution in [2.45, 2.75) is 6.04 Å². The number of amides is 1. The lowest BCUT2D eigenvalue weighted by atomic mass is 9.87. The number of ether oxygens (including phenoxy) is 1. The maximum atomic E-state index is 12.2. The Labute approximate surface area is 135 Å². The molecule has 3 rings (SSSR count). The Morgan fingerprint density at radius 1 is 1.13 bits per heavy atom. The van der Waals surface area contributed by atoms with Gasteiger partial charge in [0.25, 0.3) is 0 Å². The first-order valence-corrected chi connectivity index (χ1v) is 7.34. The van der Waals surface area contributed by atoms with E-state index in [9.17, 15) is 10.1 Å². The van der Waals surface area contributed by atoms with Gasteiger partial charge in [-0.25, -0.2) is 0 Å². The third kappa shape index (κ3) is 2.82. The number of anilines is 1. The number of carbonyl (C=O) groups is 1. The largest absolute Gasteiger partial charge is 0.497 e. The first-order valence-electron chi connectivity index (χ1n) is 7.34. The summed E-state index contributed by atoms with van der Waals surface area (Å²) in [5, 5.41) is 9.22. The van der Waals surface area contributed by atoms with Gasteiger partial charge < -0.3 is 9.64 Å². The normalized spacial score (nSPS) is 20.2. The maximum absolute atomic E-state index is 12.2. The van der Waals surface area contributed by atoms with Crippen molar-refractivity contribution in [3.8, 4) is 11.8 Å². The number of rotatable bonds is 4. The topological polar surface area (TPSA) is 53.3 Å². The monoisotopic (exact) mass is 304 g/mol. The zero-order chi connectivity index (χ0) is 16.2. The third-order valence-corrected chi connectivity index (χ3v) is 3.92. The zero-order valence-electron chi connectivity index (χ0n) is 12.7. The summed E-state index contributed by atoms with van der Waals surface area (Å²) in [6.07, 6.45) is 3.85. The second-order valence-corrected chi connectivity index (χ2v) is 5.27. The van der Waals surface area contributed by atoms with E-state index in [1.165, 1.54) is 0 Å². The van der Waals surface area contributed by atoms with Crippen LogP contribution in [0.15, 0.2) is 60.7 Å². The van der Waals surface area contributed by atoms with Crippen LogP contribution in [-0.2, 0) is 4.79 Å². The summed E-state index contributed by atoms with van der Waals surface area (Å²) >= 11 is 0. The smallest absolute Gasteiger partial charge is 0.247 e. The second kappa shape index (κ2) is 6.37. The van der Waals surface area contributed by atoms with Crippen molar-refractivity contribution in [2.24, 2.45) is 5.92 Å². The number of benzene rings is 2. The van der Waals surface area contributed by atoms with E-state index in [0.29, 0.717) is 0 Å². The van der Waals surface area contributed by atoms with Crippen LogP contribution in [0.3, 0.4) is 0 Å². The quantitative estimate of drug-likeness (QED) is 0.815. The molecule has 2 aromatic carbocycles. The number of β-lactam (4-membered cyclic amide) rings is 1. The highest BCUT2D eigenvalue weighted by Crippen LogP contribution is 2.34. The number of hydrogen-bond donors (Lipinski definition) is 0. The van der Waals surface area contributed by atoms with E-state index in [0.717, 1.165) is 17.0 Å². The minimum absolute atomic E-state index is 0.166. The lowest BCUT2D eigenvalue weighted by Crippen LogP contribution is -2.59. The molecule has 1 fully saturated rings. The van der Waals surface area contributed by atoms with Gasteiger partial charge in [0.1, 0.15) is 11.7 Å². The van der Waals surface area contributed by atoms with Gasteiger partial charge in [0.05, 0.1) is 19.2 Å². The molecule has 0 aromatic heterocycles. The van der Waals surface area contributed by atoms with Gasteiger partial charge in [0.2, 0.25) is 5.91 Å². The van der Waals surface area contributed by atoms with Crippen LogP contribution in [0.25, 0.3) is 6.08 Å². The number of hydrogen-bond acceptors (Lipinski definition) is 3. The Morgan fingerprint density at radius 2 is 1.83 bits per heavy atom. The Morgan fingerprint density at radius 3 is 2.43 bits per heavy atom. The van der Waals surface area contributed by atoms with E-state index in [4.69, 9.17) is 4.74 Å². The first kappa shape index (κ1) is 14.9. The number of nitriles is 1. The van der Waals surface area contributed by atoms with E-state index in [2.05, 4.69) is 6.07 Å². The molecule has 2 atom stereocenters. The van der Waals surface area contributed by atoms with Gasteiger partial charge in [0, 0.05) is 5.69 Å². The number of carbonyl (C=O) groups excluding carboxylic acids is 1. The second-order valence-electron chi connectivity index (χ2n) is 5.27. The van der Waals surface area contributed by atoms with E-state index in [1.54, 1.807) is 24.1 Å². The van der Waals surface area contributed by atoms with Crippen LogP contribution in [0, 0.1) is 17.2 Å². The highest BCUT2D eigenvalue weighted by atomic mass is 16.5. The summed E-state index contributed by atoms with van der Waals surface area (Å²) in [5.74, 6) is -0.0626. The zero-order valence-corrected chi connectivity index (χ0v) is 12.7. The number of methoxy groups -OCH3 is 1. The summed E-state index contributed by atoms with van der Waals surface area (Å²) < 4.78 is 5.13. The standard InChI is InChI=1S/C19H16N2O2/c1-23-16-10-8-15(9-11-16)21-18(17(13-20)19(21)22)12-7-14-5-3-2-4-6-14/h2-12,17-18H,1H3/b12-7+/t17-,18+/m0/s1. The van der Waals surface area contributed by atoms with E-state index in [1.807, 2.05) is 54.6 Å². The molecule has 1 heterocycles. The molecule has 0 aliphatic carbocycles. The Bertz CT molecular complexity index is 760. The predicted molar refractivity (Wildman–Crippen MR) is 88.8 cm³/mol. The predicted octanol–water partition coefficient (Wildman–Crippen LogP) is 3.26. The SMILES string of the molecule is COc1ccc(N2C(=O)[C@@H](C#N)[C@H]2/C=C/c2ccccc2)cc1. The van der Waals surface area contributed by atoms with E-state index >= 15 is 0 Å². The van der Waals surface area contributed by atoms with Crippen LogP contribution in [0.1, 0.15) is 5.56 Å². The van der Waals surface area contributed by atoms with Crippen LogP contribution < -0.4 is 9.64 Å². The molecule has 0 unspecified atom stereocenters. The fourth-order valence-electron chi connectivity index (χ4n) is 2.65. The fourth-order valence-corrected chi connectivity index (χ4v) is 2.65. The average Bonchev–Trinajstić information content (AvgIpc) is 2.60. The molecule has 4 heteroatoms. The average molecular weight is 304 g/mol. The highest BCUT2D eigenvalue weighted by Gasteiger charge is 2.46. The molecule has 0 bridgehead atoms. The van der Waals surface area contributed by atoms with Crippen LogP contribution in [0.4, 0.5) is 5.69 Å². The number of nitrogens with zero attached hydrogens (tertiary/aromatic N) is 2. The summed E-state index contributed by atoms with van der Waals surface area (Å²) in [6.45, 7) is 0. The Hall–Kier alpha value is -3.06. The van der Waals surface area contributed by atoms with Crippen molar-refractivity contribution >= 4 is 17.7 Å². The van der Waals surface area contributed by atoms with Crippen molar-refractivity contribution in [1.29, 1.82) is 5.26 Å². The molecule has 0 spiro atoms. The van der Waals surface area contributed by atoms with Crippen LogP contribution in [0.2, 0.25) is 0 Å². The van der Waals surface area contributed by atoms with Gasteiger partial charge in [-0.3, -0.25) is 4.79 Å². The molecule has 0 N–H and O–H groups in total. The molecule has 1 aliphatic rings. The van der Waals surface area contributed by atoms with Crippen LogP contribution in [-0.4, -0.2) is 19.1 Å². The molecule has 2 aromatic rings. The van der Waals surface area contributed by atoms with Gasteiger partial charge in [-0.05, 0) is 29.8 Å². The summed E-state index contributed by atoms with van der Waals surface area (Å²) in [5.41, 5.74) is 1.81. The van der Waals surface area contributed by atoms with Crippen LogP contribution >= 0.6 is 0 Å². The van der Waals surface area contributed by atoms with Crippen molar-refractivity contribution in [3.05, 3.63) is 66.2 Å². The molecule has 1 aliphatic heterocycles. The van der Waals surface area contributed by atoms with Crippen molar-refractivity contribution in [2.75, 3.05) is 12.0 Å². The Kier molecular flexibility index (Phi) is 4.11. The summed E-state index contributed by atoms with van der Waals surface area (Å²) in [6, 6.07) is 18.9. The molecule has 4 nitrogen and oxygen atoms in total.